The Morgan fingerprint density at radius 2 is 1.66 bits per heavy atom. The maximum atomic E-state index is 12.9. The van der Waals surface area contributed by atoms with E-state index in [1.165, 1.54) is 18.2 Å². The number of oxazole rings is 1. The van der Waals surface area contributed by atoms with E-state index in [-0.39, 0.29) is 34.7 Å². The number of anilines is 1. The number of phenolic OH excluding ortho intramolecular Hbond substituents is 1. The quantitative estimate of drug-likeness (QED) is 0.189. The van der Waals surface area contributed by atoms with Gasteiger partial charge < -0.3 is 14.3 Å². The lowest BCUT2D eigenvalue weighted by molar-refractivity contribution is -0.384. The number of rotatable bonds is 7. The zero-order valence-electron chi connectivity index (χ0n) is 20.1. The van der Waals surface area contributed by atoms with Crippen molar-refractivity contribution in [3.8, 4) is 45.3 Å². The van der Waals surface area contributed by atoms with Crippen LogP contribution in [0.2, 0.25) is 0 Å². The minimum absolute atomic E-state index is 0.0551. The van der Waals surface area contributed by atoms with E-state index in [0.29, 0.717) is 33.7 Å². The number of methoxy groups -OCH3 is 1. The summed E-state index contributed by atoms with van der Waals surface area (Å²) in [7, 11) is 1.55. The number of benzene rings is 4. The van der Waals surface area contributed by atoms with E-state index in [0.717, 1.165) is 0 Å². The minimum Gasteiger partial charge on any atom is -0.507 e. The lowest BCUT2D eigenvalue weighted by atomic mass is 10.0. The maximum absolute atomic E-state index is 12.9. The van der Waals surface area contributed by atoms with Crippen molar-refractivity contribution in [3.63, 3.8) is 0 Å². The average Bonchev–Trinajstić information content (AvgIpc) is 3.36. The van der Waals surface area contributed by atoms with Gasteiger partial charge in [0, 0.05) is 23.3 Å². The van der Waals surface area contributed by atoms with Crippen molar-refractivity contribution in [1.29, 1.82) is 0 Å². The Balaban J connectivity index is 1.55. The van der Waals surface area contributed by atoms with Gasteiger partial charge in [0.15, 0.2) is 0 Å². The average molecular weight is 508 g/mol. The maximum Gasteiger partial charge on any atom is 0.270 e. The summed E-state index contributed by atoms with van der Waals surface area (Å²) in [5, 5.41) is 24.8. The number of aromatic hydroxyl groups is 1. The number of carbonyl (C=O) groups excluding carboxylic acids is 1. The standard InChI is InChI=1S/C29H21N3O6/c1-37-23-12-6-10-21(16-23)26-29(31-27(34)18-7-3-2-4-8-18)38-28(30-26)24-14-13-20(17-25(24)33)19-9-5-11-22(15-19)32(35)36/h2-17,33H,1H3,(H,31,34). The second kappa shape index (κ2) is 10.3. The normalized spacial score (nSPS) is 10.7. The largest absolute Gasteiger partial charge is 0.507 e. The van der Waals surface area contributed by atoms with Gasteiger partial charge in [-0.15, -0.1) is 0 Å². The molecule has 5 aromatic rings. The van der Waals surface area contributed by atoms with Crippen LogP contribution < -0.4 is 10.1 Å². The number of non-ortho nitro benzene ring substituents is 1. The van der Waals surface area contributed by atoms with Crippen molar-refractivity contribution < 1.29 is 24.0 Å². The second-order valence-corrected chi connectivity index (χ2v) is 8.29. The highest BCUT2D eigenvalue weighted by molar-refractivity contribution is 6.05. The van der Waals surface area contributed by atoms with Crippen LogP contribution >= 0.6 is 0 Å². The molecule has 0 saturated heterocycles. The highest BCUT2D eigenvalue weighted by atomic mass is 16.6. The van der Waals surface area contributed by atoms with Gasteiger partial charge in [0.2, 0.25) is 11.8 Å². The molecule has 0 fully saturated rings. The Kier molecular flexibility index (Phi) is 6.56. The van der Waals surface area contributed by atoms with E-state index in [1.807, 2.05) is 6.07 Å². The van der Waals surface area contributed by atoms with Crippen molar-refractivity contribution in [3.05, 3.63) is 113 Å². The fraction of sp³-hybridized carbons (Fsp3) is 0.0345. The van der Waals surface area contributed by atoms with Crippen molar-refractivity contribution in [2.24, 2.45) is 0 Å². The molecule has 0 radical (unpaired) electrons. The number of nitro benzene ring substituents is 1. The first-order chi connectivity index (χ1) is 18.4. The fourth-order valence-corrected chi connectivity index (χ4v) is 3.94. The molecule has 0 unspecified atom stereocenters. The van der Waals surface area contributed by atoms with Gasteiger partial charge in [0.1, 0.15) is 17.2 Å². The molecule has 0 aliphatic rings. The van der Waals surface area contributed by atoms with Crippen LogP contribution in [0.4, 0.5) is 11.6 Å². The third kappa shape index (κ3) is 4.93. The van der Waals surface area contributed by atoms with Crippen LogP contribution in [0.5, 0.6) is 11.5 Å². The third-order valence-corrected chi connectivity index (χ3v) is 5.85. The minimum atomic E-state index is -0.476. The molecule has 38 heavy (non-hydrogen) atoms. The molecule has 0 bridgehead atoms. The molecule has 1 heterocycles. The number of hydrogen-bond donors (Lipinski definition) is 2. The molecule has 9 heteroatoms. The van der Waals surface area contributed by atoms with Crippen molar-refractivity contribution >= 4 is 17.5 Å². The topological polar surface area (TPSA) is 128 Å². The van der Waals surface area contributed by atoms with Crippen LogP contribution in [0, 0.1) is 10.1 Å². The third-order valence-electron chi connectivity index (χ3n) is 5.85. The molecule has 0 spiro atoms. The second-order valence-electron chi connectivity index (χ2n) is 8.29. The predicted octanol–water partition coefficient (Wildman–Crippen LogP) is 6.55. The van der Waals surface area contributed by atoms with Crippen molar-refractivity contribution in [2.45, 2.75) is 0 Å². The summed E-state index contributed by atoms with van der Waals surface area (Å²) in [5.41, 5.74) is 2.80. The number of aromatic nitrogens is 1. The molecule has 0 atom stereocenters. The molecule has 1 amide bonds. The summed E-state index contributed by atoms with van der Waals surface area (Å²) < 4.78 is 11.3. The number of phenols is 1. The highest BCUT2D eigenvalue weighted by Gasteiger charge is 2.22. The Hall–Kier alpha value is -5.44. The first-order valence-corrected chi connectivity index (χ1v) is 11.5. The number of ether oxygens (including phenoxy) is 1. The van der Waals surface area contributed by atoms with E-state index in [9.17, 15) is 20.0 Å². The number of amides is 1. The molecule has 0 aliphatic carbocycles. The van der Waals surface area contributed by atoms with Crippen molar-refractivity contribution in [2.75, 3.05) is 12.4 Å². The van der Waals surface area contributed by atoms with E-state index in [4.69, 9.17) is 9.15 Å². The number of nitrogens with one attached hydrogen (secondary N) is 1. The smallest absolute Gasteiger partial charge is 0.270 e. The zero-order chi connectivity index (χ0) is 26.6. The SMILES string of the molecule is COc1cccc(-c2nc(-c3ccc(-c4cccc([N+](=O)[O-])c4)cc3O)oc2NC(=O)c2ccccc2)c1. The summed E-state index contributed by atoms with van der Waals surface area (Å²) in [6, 6.07) is 26.7. The van der Waals surface area contributed by atoms with Crippen LogP contribution in [-0.2, 0) is 0 Å². The van der Waals surface area contributed by atoms with Crippen LogP contribution in [0.25, 0.3) is 33.8 Å². The number of nitrogens with zero attached hydrogens (tertiary/aromatic N) is 2. The molecule has 5 rings (SSSR count). The van der Waals surface area contributed by atoms with Gasteiger partial charge in [-0.1, -0.05) is 48.5 Å². The van der Waals surface area contributed by atoms with Gasteiger partial charge in [-0.2, -0.15) is 0 Å². The molecular weight excluding hydrogens is 486 g/mol. The summed E-state index contributed by atoms with van der Waals surface area (Å²) in [4.78, 5) is 28.1. The monoisotopic (exact) mass is 507 g/mol. The van der Waals surface area contributed by atoms with Crippen LogP contribution in [0.15, 0.2) is 101 Å². The van der Waals surface area contributed by atoms with Gasteiger partial charge in [-0.25, -0.2) is 4.98 Å². The number of carbonyl (C=O) groups is 1. The van der Waals surface area contributed by atoms with Gasteiger partial charge in [0.05, 0.1) is 17.6 Å². The zero-order valence-corrected chi connectivity index (χ0v) is 20.1. The van der Waals surface area contributed by atoms with Gasteiger partial charge in [-0.05, 0) is 47.5 Å². The fourth-order valence-electron chi connectivity index (χ4n) is 3.94. The van der Waals surface area contributed by atoms with E-state index >= 15 is 0 Å². The highest BCUT2D eigenvalue weighted by Crippen LogP contribution is 2.39. The van der Waals surface area contributed by atoms with Gasteiger partial charge >= 0.3 is 0 Å². The Bertz CT molecular complexity index is 1650. The Morgan fingerprint density at radius 1 is 0.921 bits per heavy atom. The molecule has 0 aliphatic heterocycles. The summed E-state index contributed by atoms with van der Waals surface area (Å²) in [6.07, 6.45) is 0. The van der Waals surface area contributed by atoms with Gasteiger partial charge in [0.25, 0.3) is 11.6 Å². The first kappa shape index (κ1) is 24.3. The first-order valence-electron chi connectivity index (χ1n) is 11.5. The molecule has 9 nitrogen and oxygen atoms in total. The summed E-state index contributed by atoms with van der Waals surface area (Å²) >= 11 is 0. The molecule has 1 aromatic heterocycles. The van der Waals surface area contributed by atoms with Gasteiger partial charge in [-0.3, -0.25) is 20.2 Å². The molecular formula is C29H21N3O6. The molecule has 2 N–H and O–H groups in total. The Morgan fingerprint density at radius 3 is 2.39 bits per heavy atom. The van der Waals surface area contributed by atoms with E-state index in [2.05, 4.69) is 10.3 Å². The predicted molar refractivity (Wildman–Crippen MR) is 142 cm³/mol. The number of nitro groups is 1. The lowest BCUT2D eigenvalue weighted by Gasteiger charge is -2.06. The van der Waals surface area contributed by atoms with Crippen LogP contribution in [0.3, 0.4) is 0 Å². The molecule has 0 saturated carbocycles. The van der Waals surface area contributed by atoms with E-state index < -0.39 is 4.92 Å². The van der Waals surface area contributed by atoms with Crippen LogP contribution in [-0.4, -0.2) is 28.0 Å². The van der Waals surface area contributed by atoms with Crippen LogP contribution in [0.1, 0.15) is 10.4 Å². The van der Waals surface area contributed by atoms with E-state index in [1.54, 1.807) is 79.9 Å². The lowest BCUT2D eigenvalue weighted by Crippen LogP contribution is -2.11. The summed E-state index contributed by atoms with van der Waals surface area (Å²) in [6.45, 7) is 0. The Labute approximate surface area is 217 Å². The summed E-state index contributed by atoms with van der Waals surface area (Å²) in [5.74, 6) is 0.242. The van der Waals surface area contributed by atoms with Crippen molar-refractivity contribution in [1.82, 2.24) is 4.98 Å². The molecule has 4 aromatic carbocycles. The number of hydrogen-bond acceptors (Lipinski definition) is 7. The molecule has 188 valence electrons.